The molecule has 6 heteroatoms. The number of rotatable bonds is 1. The van der Waals surface area contributed by atoms with E-state index < -0.39 is 0 Å². The van der Waals surface area contributed by atoms with Crippen LogP contribution in [0, 0.1) is 11.8 Å². The van der Waals surface area contributed by atoms with Crippen molar-refractivity contribution in [2.45, 2.75) is 0 Å². The fourth-order valence-electron chi connectivity index (χ4n) is 3.32. The number of likely N-dealkylation sites (tertiary alicyclic amines) is 1. The summed E-state index contributed by atoms with van der Waals surface area (Å²) in [5.74, 6) is 0.189. The first-order valence-electron chi connectivity index (χ1n) is 7.12. The van der Waals surface area contributed by atoms with Crippen molar-refractivity contribution in [2.24, 2.45) is 18.9 Å². The van der Waals surface area contributed by atoms with Crippen molar-refractivity contribution >= 4 is 22.8 Å². The summed E-state index contributed by atoms with van der Waals surface area (Å²) < 4.78 is 1.90. The Morgan fingerprint density at radius 2 is 2.19 bits per heavy atom. The summed E-state index contributed by atoms with van der Waals surface area (Å²) in [7, 11) is 1.91. The van der Waals surface area contributed by atoms with E-state index in [1.54, 1.807) is 11.0 Å². The molecule has 0 unspecified atom stereocenters. The van der Waals surface area contributed by atoms with Crippen molar-refractivity contribution in [3.8, 4) is 0 Å². The molecular weight excluding hydrogens is 268 g/mol. The van der Waals surface area contributed by atoms with E-state index in [1.165, 1.54) is 0 Å². The second kappa shape index (κ2) is 4.31. The molecule has 21 heavy (non-hydrogen) atoms. The number of nitrogens with one attached hydrogen (secondary N) is 1. The fraction of sp³-hybridized carbons (Fsp3) is 0.400. The van der Waals surface area contributed by atoms with E-state index in [0.29, 0.717) is 25.3 Å². The molecule has 0 radical (unpaired) electrons. The molecule has 4 heterocycles. The third-order valence-corrected chi connectivity index (χ3v) is 4.54. The van der Waals surface area contributed by atoms with Crippen LogP contribution < -0.4 is 5.32 Å². The predicted molar refractivity (Wildman–Crippen MR) is 76.6 cm³/mol. The number of fused-ring (bicyclic) bond motifs is 2. The lowest BCUT2D eigenvalue weighted by molar-refractivity contribution is -0.122. The molecular formula is C15H16N4O2. The van der Waals surface area contributed by atoms with Crippen molar-refractivity contribution in [1.82, 2.24) is 19.8 Å². The van der Waals surface area contributed by atoms with Crippen molar-refractivity contribution in [1.29, 1.82) is 0 Å². The van der Waals surface area contributed by atoms with Crippen molar-refractivity contribution < 1.29 is 9.59 Å². The van der Waals surface area contributed by atoms with Gasteiger partial charge < -0.3 is 14.8 Å². The van der Waals surface area contributed by atoms with E-state index in [2.05, 4.69) is 10.3 Å². The molecule has 1 N–H and O–H groups in total. The van der Waals surface area contributed by atoms with Gasteiger partial charge in [-0.2, -0.15) is 0 Å². The molecule has 0 saturated carbocycles. The van der Waals surface area contributed by atoms with Crippen LogP contribution in [0.3, 0.4) is 0 Å². The molecule has 0 spiro atoms. The van der Waals surface area contributed by atoms with Crippen LogP contribution in [0.15, 0.2) is 24.4 Å². The first-order chi connectivity index (χ1) is 10.1. The number of hydrogen-bond acceptors (Lipinski definition) is 3. The molecule has 0 aromatic carbocycles. The number of carbonyl (C=O) groups is 2. The maximum absolute atomic E-state index is 12.6. The van der Waals surface area contributed by atoms with E-state index in [9.17, 15) is 9.59 Å². The molecule has 2 aromatic rings. The average Bonchev–Trinajstić information content (AvgIpc) is 3.16. The quantitative estimate of drug-likeness (QED) is 0.824. The van der Waals surface area contributed by atoms with Crippen LogP contribution in [0.1, 0.15) is 10.5 Å². The smallest absolute Gasteiger partial charge is 0.272 e. The van der Waals surface area contributed by atoms with E-state index >= 15 is 0 Å². The summed E-state index contributed by atoms with van der Waals surface area (Å²) in [5, 5.41) is 3.87. The van der Waals surface area contributed by atoms with Gasteiger partial charge in [0.05, 0.1) is 5.92 Å². The second-order valence-corrected chi connectivity index (χ2v) is 5.86. The first-order valence-corrected chi connectivity index (χ1v) is 7.12. The molecule has 108 valence electrons. The lowest BCUT2D eigenvalue weighted by atomic mass is 10.0. The van der Waals surface area contributed by atoms with Gasteiger partial charge in [0.25, 0.3) is 5.91 Å². The van der Waals surface area contributed by atoms with Gasteiger partial charge in [-0.25, -0.2) is 4.98 Å². The Kier molecular flexibility index (Phi) is 2.54. The summed E-state index contributed by atoms with van der Waals surface area (Å²) >= 11 is 0. The number of carbonyl (C=O) groups excluding carboxylic acids is 2. The van der Waals surface area contributed by atoms with Gasteiger partial charge >= 0.3 is 0 Å². The molecule has 2 fully saturated rings. The Balaban J connectivity index is 1.62. The van der Waals surface area contributed by atoms with Gasteiger partial charge in [-0.15, -0.1) is 0 Å². The van der Waals surface area contributed by atoms with Gasteiger partial charge in [-0.3, -0.25) is 9.59 Å². The Labute approximate surface area is 121 Å². The third kappa shape index (κ3) is 1.82. The minimum atomic E-state index is -0.0831. The lowest BCUT2D eigenvalue weighted by Crippen LogP contribution is -2.33. The number of aromatic nitrogens is 2. The molecule has 2 atom stereocenters. The Morgan fingerprint density at radius 3 is 3.00 bits per heavy atom. The summed E-state index contributed by atoms with van der Waals surface area (Å²) in [6, 6.07) is 5.65. The molecule has 4 rings (SSSR count). The number of hydrogen-bond donors (Lipinski definition) is 1. The van der Waals surface area contributed by atoms with Crippen molar-refractivity contribution in [2.75, 3.05) is 19.6 Å². The van der Waals surface area contributed by atoms with E-state index in [0.717, 1.165) is 11.0 Å². The zero-order chi connectivity index (χ0) is 14.6. The van der Waals surface area contributed by atoms with Crippen molar-refractivity contribution in [3.63, 3.8) is 0 Å². The summed E-state index contributed by atoms with van der Waals surface area (Å²) in [6.45, 7) is 1.81. The SMILES string of the molecule is Cn1ccc2ccc(C(=O)N3C[C@@H]4CNC(=O)[C@@H]4C3)nc21. The minimum Gasteiger partial charge on any atom is -0.355 e. The largest absolute Gasteiger partial charge is 0.355 e. The zero-order valence-electron chi connectivity index (χ0n) is 11.7. The maximum atomic E-state index is 12.6. The first kappa shape index (κ1) is 12.4. The molecule has 2 amide bonds. The van der Waals surface area contributed by atoms with E-state index in [4.69, 9.17) is 0 Å². The highest BCUT2D eigenvalue weighted by atomic mass is 16.2. The standard InChI is InChI=1S/C15H16N4O2/c1-18-5-4-9-2-3-12(17-13(9)18)15(21)19-7-10-6-16-14(20)11(10)8-19/h2-5,10-11H,6-8H2,1H3,(H,16,20)/t10-,11+/m0/s1. The third-order valence-electron chi connectivity index (χ3n) is 4.54. The Bertz CT molecular complexity index is 751. The van der Waals surface area contributed by atoms with E-state index in [1.807, 2.05) is 29.9 Å². The highest BCUT2D eigenvalue weighted by Gasteiger charge is 2.43. The highest BCUT2D eigenvalue weighted by molar-refractivity contribution is 5.95. The van der Waals surface area contributed by atoms with Gasteiger partial charge in [0.15, 0.2) is 0 Å². The lowest BCUT2D eigenvalue weighted by Gasteiger charge is -2.16. The van der Waals surface area contributed by atoms with Crippen LogP contribution in [0.2, 0.25) is 0 Å². The molecule has 2 saturated heterocycles. The highest BCUT2D eigenvalue weighted by Crippen LogP contribution is 2.28. The van der Waals surface area contributed by atoms with Crippen LogP contribution in [-0.4, -0.2) is 45.9 Å². The normalized spacial score (nSPS) is 24.4. The van der Waals surface area contributed by atoms with Crippen molar-refractivity contribution in [3.05, 3.63) is 30.1 Å². The zero-order valence-corrected chi connectivity index (χ0v) is 11.7. The number of aryl methyl sites for hydroxylation is 1. The van der Waals surface area contributed by atoms with Gasteiger partial charge in [-0.05, 0) is 18.2 Å². The van der Waals surface area contributed by atoms with E-state index in [-0.39, 0.29) is 23.7 Å². The monoisotopic (exact) mass is 284 g/mol. The summed E-state index contributed by atoms with van der Waals surface area (Å²) in [6.07, 6.45) is 1.93. The van der Waals surface area contributed by atoms with Crippen LogP contribution in [0.5, 0.6) is 0 Å². The maximum Gasteiger partial charge on any atom is 0.272 e. The number of amides is 2. The average molecular weight is 284 g/mol. The molecule has 2 aliphatic rings. The predicted octanol–water partition coefficient (Wildman–Crippen LogP) is 0.391. The molecule has 2 aliphatic heterocycles. The molecule has 0 bridgehead atoms. The van der Waals surface area contributed by atoms with Crippen LogP contribution in [0.4, 0.5) is 0 Å². The Morgan fingerprint density at radius 1 is 1.33 bits per heavy atom. The molecule has 0 aliphatic carbocycles. The van der Waals surface area contributed by atoms with Crippen LogP contribution >= 0.6 is 0 Å². The second-order valence-electron chi connectivity index (χ2n) is 5.86. The molecule has 6 nitrogen and oxygen atoms in total. The summed E-state index contributed by atoms with van der Waals surface area (Å²) in [4.78, 5) is 30.5. The van der Waals surface area contributed by atoms with Gasteiger partial charge in [0.1, 0.15) is 11.3 Å². The minimum absolute atomic E-state index is 0.0484. The topological polar surface area (TPSA) is 67.2 Å². The van der Waals surface area contributed by atoms with Crippen LogP contribution in [0.25, 0.3) is 11.0 Å². The molecule has 2 aromatic heterocycles. The summed E-state index contributed by atoms with van der Waals surface area (Å²) in [5.41, 5.74) is 1.25. The van der Waals surface area contributed by atoms with Gasteiger partial charge in [0, 0.05) is 44.2 Å². The number of pyridine rings is 1. The fourth-order valence-corrected chi connectivity index (χ4v) is 3.32. The van der Waals surface area contributed by atoms with Gasteiger partial charge in [-0.1, -0.05) is 0 Å². The Hall–Kier alpha value is -2.37. The van der Waals surface area contributed by atoms with Gasteiger partial charge in [0.2, 0.25) is 5.91 Å². The van der Waals surface area contributed by atoms with Crippen LogP contribution in [-0.2, 0) is 11.8 Å². The number of nitrogens with zero attached hydrogens (tertiary/aromatic N) is 3.